The van der Waals surface area contributed by atoms with Gasteiger partial charge in [-0.3, -0.25) is 0 Å². The van der Waals surface area contributed by atoms with Crippen LogP contribution in [0.2, 0.25) is 0 Å². The maximum absolute atomic E-state index is 10.2. The SMILES string of the molecule is O[C@H](c1ccccc1)C(Br)Cc1ccccc1. The molecule has 0 fully saturated rings. The van der Waals surface area contributed by atoms with Crippen LogP contribution in [0.5, 0.6) is 0 Å². The molecular weight excluding hydrogens is 276 g/mol. The number of halogens is 1. The molecule has 0 saturated heterocycles. The molecule has 0 heterocycles. The molecule has 17 heavy (non-hydrogen) atoms. The van der Waals surface area contributed by atoms with E-state index in [2.05, 4.69) is 28.1 Å². The second kappa shape index (κ2) is 5.99. The second-order valence-electron chi connectivity index (χ2n) is 4.06. The Morgan fingerprint density at radius 3 is 2.00 bits per heavy atom. The van der Waals surface area contributed by atoms with Crippen molar-refractivity contribution in [3.63, 3.8) is 0 Å². The van der Waals surface area contributed by atoms with Gasteiger partial charge in [0.2, 0.25) is 0 Å². The third-order valence-electron chi connectivity index (χ3n) is 2.76. The Morgan fingerprint density at radius 2 is 1.41 bits per heavy atom. The van der Waals surface area contributed by atoms with Crippen LogP contribution in [0.4, 0.5) is 0 Å². The molecule has 1 N–H and O–H groups in total. The molecule has 1 unspecified atom stereocenters. The molecule has 0 saturated carbocycles. The van der Waals surface area contributed by atoms with Gasteiger partial charge in [0.25, 0.3) is 0 Å². The van der Waals surface area contributed by atoms with Crippen LogP contribution in [0.1, 0.15) is 17.2 Å². The summed E-state index contributed by atoms with van der Waals surface area (Å²) in [6.07, 6.45) is 0.341. The number of aliphatic hydroxyl groups is 1. The first-order chi connectivity index (χ1) is 8.27. The highest BCUT2D eigenvalue weighted by atomic mass is 79.9. The normalized spacial score (nSPS) is 14.2. The van der Waals surface area contributed by atoms with E-state index < -0.39 is 6.10 Å². The van der Waals surface area contributed by atoms with Gasteiger partial charge in [0.05, 0.1) is 6.10 Å². The van der Waals surface area contributed by atoms with Gasteiger partial charge in [-0.1, -0.05) is 76.6 Å². The first kappa shape index (κ1) is 12.3. The maximum atomic E-state index is 10.2. The van der Waals surface area contributed by atoms with E-state index in [1.165, 1.54) is 5.56 Å². The molecule has 88 valence electrons. The Balaban J connectivity index is 2.03. The fourth-order valence-corrected chi connectivity index (χ4v) is 2.49. The van der Waals surface area contributed by atoms with Crippen molar-refractivity contribution in [3.8, 4) is 0 Å². The van der Waals surface area contributed by atoms with Crippen molar-refractivity contribution in [2.75, 3.05) is 0 Å². The van der Waals surface area contributed by atoms with Crippen LogP contribution >= 0.6 is 15.9 Å². The molecule has 2 aromatic carbocycles. The van der Waals surface area contributed by atoms with E-state index >= 15 is 0 Å². The number of aliphatic hydroxyl groups excluding tert-OH is 1. The molecule has 0 aliphatic carbocycles. The summed E-state index contributed by atoms with van der Waals surface area (Å²) < 4.78 is 0. The highest BCUT2D eigenvalue weighted by Crippen LogP contribution is 2.25. The zero-order valence-corrected chi connectivity index (χ0v) is 11.0. The van der Waals surface area contributed by atoms with Gasteiger partial charge in [-0.15, -0.1) is 0 Å². The highest BCUT2D eigenvalue weighted by Gasteiger charge is 2.17. The van der Waals surface area contributed by atoms with Gasteiger partial charge in [-0.05, 0) is 17.5 Å². The lowest BCUT2D eigenvalue weighted by Crippen LogP contribution is -2.14. The largest absolute Gasteiger partial charge is 0.387 e. The van der Waals surface area contributed by atoms with Crippen LogP contribution in [0, 0.1) is 0 Å². The Labute approximate surface area is 110 Å². The van der Waals surface area contributed by atoms with Crippen LogP contribution < -0.4 is 0 Å². The van der Waals surface area contributed by atoms with Gasteiger partial charge < -0.3 is 5.11 Å². The minimum Gasteiger partial charge on any atom is -0.387 e. The molecule has 0 bridgehead atoms. The summed E-state index contributed by atoms with van der Waals surface area (Å²) >= 11 is 3.57. The summed E-state index contributed by atoms with van der Waals surface area (Å²) in [6, 6.07) is 19.9. The molecule has 2 atom stereocenters. The lowest BCUT2D eigenvalue weighted by atomic mass is 10.0. The Morgan fingerprint density at radius 1 is 0.882 bits per heavy atom. The van der Waals surface area contributed by atoms with Crippen LogP contribution in [0.15, 0.2) is 60.7 Å². The average molecular weight is 291 g/mol. The zero-order valence-electron chi connectivity index (χ0n) is 9.46. The van der Waals surface area contributed by atoms with E-state index in [0.717, 1.165) is 12.0 Å². The fourth-order valence-electron chi connectivity index (χ4n) is 1.81. The molecule has 1 nitrogen and oxygen atoms in total. The van der Waals surface area contributed by atoms with Crippen molar-refractivity contribution in [1.29, 1.82) is 0 Å². The molecule has 2 aromatic rings. The zero-order chi connectivity index (χ0) is 12.1. The maximum Gasteiger partial charge on any atom is 0.0918 e. The van der Waals surface area contributed by atoms with E-state index in [9.17, 15) is 5.11 Å². The van der Waals surface area contributed by atoms with Gasteiger partial charge in [-0.25, -0.2) is 0 Å². The van der Waals surface area contributed by atoms with Gasteiger partial charge >= 0.3 is 0 Å². The molecule has 0 amide bonds. The summed E-state index contributed by atoms with van der Waals surface area (Å²) in [7, 11) is 0. The molecule has 2 rings (SSSR count). The van der Waals surface area contributed by atoms with E-state index in [-0.39, 0.29) is 4.83 Å². The molecule has 0 aliphatic heterocycles. The summed E-state index contributed by atoms with van der Waals surface area (Å²) in [6.45, 7) is 0. The third-order valence-corrected chi connectivity index (χ3v) is 3.58. The van der Waals surface area contributed by atoms with Crippen LogP contribution in [-0.2, 0) is 6.42 Å². The van der Waals surface area contributed by atoms with E-state index in [1.807, 2.05) is 48.5 Å². The number of alkyl halides is 1. The molecule has 0 aliphatic rings. The number of hydrogen-bond donors (Lipinski definition) is 1. The van der Waals surface area contributed by atoms with E-state index in [1.54, 1.807) is 0 Å². The summed E-state index contributed by atoms with van der Waals surface area (Å²) in [5, 5.41) is 10.2. The van der Waals surface area contributed by atoms with Crippen LogP contribution in [0.25, 0.3) is 0 Å². The number of rotatable bonds is 4. The lowest BCUT2D eigenvalue weighted by molar-refractivity contribution is 0.176. The topological polar surface area (TPSA) is 20.2 Å². The Hall–Kier alpha value is -1.12. The predicted molar refractivity (Wildman–Crippen MR) is 74.3 cm³/mol. The van der Waals surface area contributed by atoms with Gasteiger partial charge in [0.1, 0.15) is 0 Å². The highest BCUT2D eigenvalue weighted by molar-refractivity contribution is 9.09. The Kier molecular flexibility index (Phi) is 4.35. The first-order valence-electron chi connectivity index (χ1n) is 5.68. The second-order valence-corrected chi connectivity index (χ2v) is 5.24. The summed E-state index contributed by atoms with van der Waals surface area (Å²) in [4.78, 5) is 0.0345. The van der Waals surface area contributed by atoms with Gasteiger partial charge in [-0.2, -0.15) is 0 Å². The molecule has 0 spiro atoms. The van der Waals surface area contributed by atoms with Crippen molar-refractivity contribution in [2.24, 2.45) is 0 Å². The van der Waals surface area contributed by atoms with Crippen LogP contribution in [-0.4, -0.2) is 9.93 Å². The minimum atomic E-state index is -0.476. The fraction of sp³-hybridized carbons (Fsp3) is 0.200. The molecule has 0 aromatic heterocycles. The van der Waals surface area contributed by atoms with Crippen LogP contribution in [0.3, 0.4) is 0 Å². The van der Waals surface area contributed by atoms with E-state index in [4.69, 9.17) is 0 Å². The van der Waals surface area contributed by atoms with E-state index in [0.29, 0.717) is 0 Å². The van der Waals surface area contributed by atoms with Crippen molar-refractivity contribution < 1.29 is 5.11 Å². The van der Waals surface area contributed by atoms with Crippen molar-refractivity contribution >= 4 is 15.9 Å². The Bertz CT molecular complexity index is 441. The van der Waals surface area contributed by atoms with Gasteiger partial charge in [0, 0.05) is 4.83 Å². The van der Waals surface area contributed by atoms with Crippen molar-refractivity contribution in [2.45, 2.75) is 17.4 Å². The van der Waals surface area contributed by atoms with Crippen molar-refractivity contribution in [3.05, 3.63) is 71.8 Å². The first-order valence-corrected chi connectivity index (χ1v) is 6.60. The predicted octanol–water partition coefficient (Wildman–Crippen LogP) is 3.73. The average Bonchev–Trinajstić information content (AvgIpc) is 2.40. The summed E-state index contributed by atoms with van der Waals surface area (Å²) in [5.74, 6) is 0. The quantitative estimate of drug-likeness (QED) is 0.851. The monoisotopic (exact) mass is 290 g/mol. The van der Waals surface area contributed by atoms with Crippen molar-refractivity contribution in [1.82, 2.24) is 0 Å². The standard InChI is InChI=1S/C15H15BrO/c16-14(11-12-7-3-1-4-8-12)15(17)13-9-5-2-6-10-13/h1-10,14-15,17H,11H2/t14?,15-/m1/s1. The van der Waals surface area contributed by atoms with Gasteiger partial charge in [0.15, 0.2) is 0 Å². The minimum absolute atomic E-state index is 0.0345. The molecule has 0 radical (unpaired) electrons. The molecular formula is C15H15BrO. The number of benzene rings is 2. The third kappa shape index (κ3) is 3.42. The lowest BCUT2D eigenvalue weighted by Gasteiger charge is -2.17. The molecule has 2 heteroatoms. The number of hydrogen-bond acceptors (Lipinski definition) is 1. The smallest absolute Gasteiger partial charge is 0.0918 e. The summed E-state index contributed by atoms with van der Waals surface area (Å²) in [5.41, 5.74) is 2.18.